The molecule has 2 N–H and O–H groups in total. The van der Waals surface area contributed by atoms with Gasteiger partial charge in [0.25, 0.3) is 0 Å². The van der Waals surface area contributed by atoms with Gasteiger partial charge >= 0.3 is 0 Å². The van der Waals surface area contributed by atoms with Crippen molar-refractivity contribution < 1.29 is 4.79 Å². The van der Waals surface area contributed by atoms with Crippen molar-refractivity contribution in [1.82, 2.24) is 4.90 Å². The summed E-state index contributed by atoms with van der Waals surface area (Å²) in [5.74, 6) is 0.246. The van der Waals surface area contributed by atoms with Gasteiger partial charge < -0.3 is 10.6 Å². The summed E-state index contributed by atoms with van der Waals surface area (Å²) in [4.78, 5) is 14.6. The smallest absolute Gasteiger partial charge is 0.224 e. The average Bonchev–Trinajstić information content (AvgIpc) is 2.89. The lowest BCUT2D eigenvalue weighted by Crippen LogP contribution is -2.48. The van der Waals surface area contributed by atoms with E-state index in [2.05, 4.69) is 6.58 Å². The van der Waals surface area contributed by atoms with Crippen LogP contribution in [0.5, 0.6) is 0 Å². The second-order valence-corrected chi connectivity index (χ2v) is 6.37. The second-order valence-electron chi connectivity index (χ2n) is 6.37. The summed E-state index contributed by atoms with van der Waals surface area (Å²) in [5.41, 5.74) is 6.18. The first-order chi connectivity index (χ1) is 9.14. The minimum atomic E-state index is -0.243. The molecule has 0 bridgehead atoms. The number of hydrogen-bond donors (Lipinski definition) is 1. The molecule has 0 aromatic carbocycles. The van der Waals surface area contributed by atoms with Crippen LogP contribution in [-0.2, 0) is 4.79 Å². The van der Waals surface area contributed by atoms with Crippen molar-refractivity contribution in [2.24, 2.45) is 5.73 Å². The Morgan fingerprint density at radius 2 is 1.84 bits per heavy atom. The van der Waals surface area contributed by atoms with Crippen molar-refractivity contribution in [1.29, 1.82) is 0 Å². The van der Waals surface area contributed by atoms with Crippen LogP contribution in [0.3, 0.4) is 0 Å². The van der Waals surface area contributed by atoms with Crippen molar-refractivity contribution >= 4 is 5.91 Å². The molecule has 2 rings (SSSR count). The maximum absolute atomic E-state index is 12.6. The Hall–Kier alpha value is -0.830. The minimum absolute atomic E-state index is 0.243. The van der Waals surface area contributed by atoms with E-state index >= 15 is 0 Å². The van der Waals surface area contributed by atoms with E-state index in [1.165, 1.54) is 32.1 Å². The molecule has 0 aromatic rings. The molecule has 2 aliphatic rings. The summed E-state index contributed by atoms with van der Waals surface area (Å²) in [6.45, 7) is 4.47. The predicted octanol–water partition coefficient (Wildman–Crippen LogP) is 3.00. The van der Waals surface area contributed by atoms with Gasteiger partial charge in [0.2, 0.25) is 5.91 Å². The van der Waals surface area contributed by atoms with Crippen molar-refractivity contribution in [3.05, 3.63) is 12.7 Å². The molecule has 3 heteroatoms. The molecule has 0 unspecified atom stereocenters. The van der Waals surface area contributed by atoms with Crippen molar-refractivity contribution in [2.75, 3.05) is 6.54 Å². The van der Waals surface area contributed by atoms with Gasteiger partial charge in [0.1, 0.15) is 0 Å². The minimum Gasteiger partial charge on any atom is -0.336 e. The van der Waals surface area contributed by atoms with E-state index < -0.39 is 0 Å². The molecule has 0 radical (unpaired) electrons. The highest BCUT2D eigenvalue weighted by atomic mass is 16.2. The highest BCUT2D eigenvalue weighted by Gasteiger charge is 2.34. The van der Waals surface area contributed by atoms with Gasteiger partial charge in [-0.3, -0.25) is 4.79 Å². The fraction of sp³-hybridized carbons (Fsp3) is 0.812. The number of carbonyl (C=O) groups is 1. The van der Waals surface area contributed by atoms with E-state index in [9.17, 15) is 4.79 Å². The molecule has 2 fully saturated rings. The quantitative estimate of drug-likeness (QED) is 0.776. The Labute approximate surface area is 117 Å². The summed E-state index contributed by atoms with van der Waals surface area (Å²) in [5, 5.41) is 0. The van der Waals surface area contributed by atoms with Gasteiger partial charge in [0.15, 0.2) is 0 Å². The molecule has 108 valence electrons. The van der Waals surface area contributed by atoms with E-state index in [1.807, 2.05) is 11.0 Å². The van der Waals surface area contributed by atoms with Crippen molar-refractivity contribution in [3.8, 4) is 0 Å². The fourth-order valence-electron chi connectivity index (χ4n) is 3.64. The molecule has 0 aromatic heterocycles. The molecule has 2 aliphatic carbocycles. The van der Waals surface area contributed by atoms with Crippen LogP contribution < -0.4 is 5.73 Å². The molecule has 0 aliphatic heterocycles. The van der Waals surface area contributed by atoms with Crippen LogP contribution in [0.4, 0.5) is 0 Å². The Balaban J connectivity index is 1.96. The number of nitrogens with zero attached hydrogens (tertiary/aromatic N) is 1. The Bertz CT molecular complexity index is 315. The van der Waals surface area contributed by atoms with Crippen LogP contribution in [-0.4, -0.2) is 28.9 Å². The Kier molecular flexibility index (Phi) is 5.03. The third-order valence-corrected chi connectivity index (χ3v) is 4.76. The predicted molar refractivity (Wildman–Crippen MR) is 78.8 cm³/mol. The van der Waals surface area contributed by atoms with Crippen LogP contribution in [0.2, 0.25) is 0 Å². The zero-order valence-corrected chi connectivity index (χ0v) is 12.1. The maximum Gasteiger partial charge on any atom is 0.224 e. The van der Waals surface area contributed by atoms with Crippen LogP contribution >= 0.6 is 0 Å². The zero-order valence-electron chi connectivity index (χ0n) is 12.1. The van der Waals surface area contributed by atoms with Gasteiger partial charge in [-0.1, -0.05) is 38.2 Å². The standard InChI is InChI=1S/C16H28N2O/c1-2-12-18(14-8-4-5-9-14)15(19)13-16(17)10-6-3-7-11-16/h2,14H,1,3-13,17H2. The summed E-state index contributed by atoms with van der Waals surface area (Å²) >= 11 is 0. The molecule has 2 saturated carbocycles. The van der Waals surface area contributed by atoms with Gasteiger partial charge in [0.05, 0.1) is 0 Å². The summed E-state index contributed by atoms with van der Waals surface area (Å²) in [6, 6.07) is 0.428. The number of rotatable bonds is 5. The van der Waals surface area contributed by atoms with E-state index in [1.54, 1.807) is 0 Å². The molecule has 19 heavy (non-hydrogen) atoms. The number of carbonyl (C=O) groups excluding carboxylic acids is 1. The summed E-state index contributed by atoms with van der Waals surface area (Å²) < 4.78 is 0. The first-order valence-corrected chi connectivity index (χ1v) is 7.84. The largest absolute Gasteiger partial charge is 0.336 e. The normalized spacial score (nSPS) is 23.2. The van der Waals surface area contributed by atoms with E-state index in [4.69, 9.17) is 5.73 Å². The first kappa shape index (κ1) is 14.6. The summed E-state index contributed by atoms with van der Waals surface area (Å²) in [7, 11) is 0. The lowest BCUT2D eigenvalue weighted by atomic mass is 9.80. The molecule has 1 amide bonds. The van der Waals surface area contributed by atoms with Gasteiger partial charge in [-0.2, -0.15) is 0 Å². The number of amides is 1. The highest BCUT2D eigenvalue weighted by Crippen LogP contribution is 2.31. The van der Waals surface area contributed by atoms with Crippen molar-refractivity contribution in [3.63, 3.8) is 0 Å². The molecule has 0 atom stereocenters. The number of nitrogens with two attached hydrogens (primary N) is 1. The Morgan fingerprint density at radius 3 is 2.42 bits per heavy atom. The topological polar surface area (TPSA) is 46.3 Å². The van der Waals surface area contributed by atoms with E-state index in [-0.39, 0.29) is 11.4 Å². The lowest BCUT2D eigenvalue weighted by molar-refractivity contribution is -0.134. The van der Waals surface area contributed by atoms with Crippen LogP contribution in [0.25, 0.3) is 0 Å². The van der Waals surface area contributed by atoms with Gasteiger partial charge in [-0.05, 0) is 25.7 Å². The van der Waals surface area contributed by atoms with Crippen LogP contribution in [0.1, 0.15) is 64.2 Å². The lowest BCUT2D eigenvalue weighted by Gasteiger charge is -2.36. The van der Waals surface area contributed by atoms with Gasteiger partial charge in [-0.15, -0.1) is 6.58 Å². The summed E-state index contributed by atoms with van der Waals surface area (Å²) in [6.07, 6.45) is 12.8. The van der Waals surface area contributed by atoms with Crippen LogP contribution in [0.15, 0.2) is 12.7 Å². The second kappa shape index (κ2) is 6.56. The Morgan fingerprint density at radius 1 is 1.21 bits per heavy atom. The average molecular weight is 264 g/mol. The molecular weight excluding hydrogens is 236 g/mol. The molecular formula is C16H28N2O. The van der Waals surface area contributed by atoms with Gasteiger partial charge in [0, 0.05) is 24.5 Å². The monoisotopic (exact) mass is 264 g/mol. The third-order valence-electron chi connectivity index (χ3n) is 4.76. The van der Waals surface area contributed by atoms with E-state index in [0.29, 0.717) is 19.0 Å². The highest BCUT2D eigenvalue weighted by molar-refractivity contribution is 5.78. The zero-order chi connectivity index (χ0) is 13.7. The molecule has 0 spiro atoms. The molecule has 0 heterocycles. The maximum atomic E-state index is 12.6. The fourth-order valence-corrected chi connectivity index (χ4v) is 3.64. The first-order valence-electron chi connectivity index (χ1n) is 7.84. The molecule has 3 nitrogen and oxygen atoms in total. The van der Waals surface area contributed by atoms with Gasteiger partial charge in [-0.25, -0.2) is 0 Å². The number of hydrogen-bond acceptors (Lipinski definition) is 2. The third kappa shape index (κ3) is 3.82. The van der Waals surface area contributed by atoms with Crippen molar-refractivity contribution in [2.45, 2.75) is 75.8 Å². The van der Waals surface area contributed by atoms with Crippen LogP contribution in [0, 0.1) is 0 Å². The molecule has 0 saturated heterocycles. The van der Waals surface area contributed by atoms with E-state index in [0.717, 1.165) is 25.7 Å². The SMILES string of the molecule is C=CCN(C(=O)CC1(N)CCCCC1)C1CCCC1.